The van der Waals surface area contributed by atoms with Crippen LogP contribution >= 0.6 is 0 Å². The Balaban J connectivity index is 2.18. The van der Waals surface area contributed by atoms with Gasteiger partial charge in [-0.2, -0.15) is 0 Å². The first kappa shape index (κ1) is 15.0. The molecule has 0 aliphatic heterocycles. The Labute approximate surface area is 112 Å². The van der Waals surface area contributed by atoms with Gasteiger partial charge in [-0.1, -0.05) is 26.0 Å². The molecule has 0 spiro atoms. The number of methoxy groups -OCH3 is 1. The first-order valence-electron chi connectivity index (χ1n) is 7.10. The smallest absolute Gasteiger partial charge is 0.118 e. The molecule has 1 rings (SSSR count). The Bertz CT molecular complexity index is 307. The molecule has 0 amide bonds. The summed E-state index contributed by atoms with van der Waals surface area (Å²) >= 11 is 0. The van der Waals surface area contributed by atoms with Gasteiger partial charge in [0.25, 0.3) is 0 Å². The van der Waals surface area contributed by atoms with Gasteiger partial charge in [0.15, 0.2) is 0 Å². The van der Waals surface area contributed by atoms with Crippen LogP contribution in [0.1, 0.15) is 38.7 Å². The monoisotopic (exact) mass is 249 g/mol. The van der Waals surface area contributed by atoms with Gasteiger partial charge >= 0.3 is 0 Å². The Kier molecular flexibility index (Phi) is 7.51. The summed E-state index contributed by atoms with van der Waals surface area (Å²) in [5, 5.41) is 3.46. The van der Waals surface area contributed by atoms with Crippen molar-refractivity contribution in [1.82, 2.24) is 5.32 Å². The van der Waals surface area contributed by atoms with Gasteiger partial charge in [-0.15, -0.1) is 0 Å². The van der Waals surface area contributed by atoms with Crippen molar-refractivity contribution in [3.05, 3.63) is 29.8 Å². The zero-order valence-electron chi connectivity index (χ0n) is 12.0. The van der Waals surface area contributed by atoms with E-state index in [0.717, 1.165) is 24.8 Å². The number of aryl methyl sites for hydroxylation is 1. The largest absolute Gasteiger partial charge is 0.497 e. The van der Waals surface area contributed by atoms with Crippen LogP contribution in [0.2, 0.25) is 0 Å². The summed E-state index contributed by atoms with van der Waals surface area (Å²) in [6, 6.07) is 8.42. The maximum atomic E-state index is 5.16. The molecule has 0 heterocycles. The van der Waals surface area contributed by atoms with Crippen LogP contribution in [0, 0.1) is 5.92 Å². The van der Waals surface area contributed by atoms with Gasteiger partial charge in [-0.3, -0.25) is 0 Å². The summed E-state index contributed by atoms with van der Waals surface area (Å²) < 4.78 is 5.16. The van der Waals surface area contributed by atoms with E-state index in [4.69, 9.17) is 4.74 Å². The van der Waals surface area contributed by atoms with Crippen LogP contribution in [0.5, 0.6) is 5.75 Å². The van der Waals surface area contributed by atoms with Gasteiger partial charge in [0.1, 0.15) is 5.75 Å². The summed E-state index contributed by atoms with van der Waals surface area (Å²) in [7, 11) is 1.71. The molecular formula is C16H27NO. The van der Waals surface area contributed by atoms with E-state index in [1.807, 2.05) is 12.1 Å². The summed E-state index contributed by atoms with van der Waals surface area (Å²) in [5.41, 5.74) is 1.41. The maximum absolute atomic E-state index is 5.16. The van der Waals surface area contributed by atoms with E-state index in [2.05, 4.69) is 31.3 Å². The van der Waals surface area contributed by atoms with Crippen molar-refractivity contribution in [2.75, 3.05) is 20.2 Å². The minimum Gasteiger partial charge on any atom is -0.497 e. The van der Waals surface area contributed by atoms with Gasteiger partial charge in [-0.05, 0) is 62.4 Å². The second kappa shape index (κ2) is 8.98. The predicted octanol–water partition coefficient (Wildman–Crippen LogP) is 3.65. The topological polar surface area (TPSA) is 21.3 Å². The third kappa shape index (κ3) is 6.06. The highest BCUT2D eigenvalue weighted by molar-refractivity contribution is 5.27. The van der Waals surface area contributed by atoms with E-state index < -0.39 is 0 Å². The van der Waals surface area contributed by atoms with Crippen LogP contribution in [0.4, 0.5) is 0 Å². The minimum atomic E-state index is 0.788. The van der Waals surface area contributed by atoms with Crippen LogP contribution in [0.15, 0.2) is 24.3 Å². The van der Waals surface area contributed by atoms with E-state index in [0.29, 0.717) is 0 Å². The van der Waals surface area contributed by atoms with Crippen molar-refractivity contribution in [3.8, 4) is 5.75 Å². The lowest BCUT2D eigenvalue weighted by Gasteiger charge is -2.12. The van der Waals surface area contributed by atoms with Crippen LogP contribution < -0.4 is 10.1 Å². The highest BCUT2D eigenvalue weighted by atomic mass is 16.5. The Hall–Kier alpha value is -1.02. The van der Waals surface area contributed by atoms with Gasteiger partial charge in [0.05, 0.1) is 7.11 Å². The Morgan fingerprint density at radius 1 is 1.11 bits per heavy atom. The molecule has 0 aliphatic carbocycles. The lowest BCUT2D eigenvalue weighted by atomic mass is 9.98. The maximum Gasteiger partial charge on any atom is 0.118 e. The first-order chi connectivity index (χ1) is 8.76. The molecule has 1 atom stereocenters. The molecule has 18 heavy (non-hydrogen) atoms. The van der Waals surface area contributed by atoms with Crippen molar-refractivity contribution in [2.24, 2.45) is 5.92 Å². The quantitative estimate of drug-likeness (QED) is 0.674. The van der Waals surface area contributed by atoms with Crippen molar-refractivity contribution < 1.29 is 4.74 Å². The van der Waals surface area contributed by atoms with Crippen molar-refractivity contribution in [2.45, 2.75) is 39.5 Å². The fourth-order valence-electron chi connectivity index (χ4n) is 2.00. The number of nitrogens with one attached hydrogen (secondary N) is 1. The fraction of sp³-hybridized carbons (Fsp3) is 0.625. The number of rotatable bonds is 9. The van der Waals surface area contributed by atoms with Gasteiger partial charge in [0, 0.05) is 0 Å². The second-order valence-electron chi connectivity index (χ2n) is 5.03. The number of hydrogen-bond donors (Lipinski definition) is 1. The average molecular weight is 249 g/mol. The van der Waals surface area contributed by atoms with Crippen molar-refractivity contribution in [1.29, 1.82) is 0 Å². The van der Waals surface area contributed by atoms with Gasteiger partial charge in [0.2, 0.25) is 0 Å². The molecule has 0 radical (unpaired) electrons. The molecule has 0 fully saturated rings. The molecule has 0 aliphatic rings. The van der Waals surface area contributed by atoms with Crippen LogP contribution in [0.3, 0.4) is 0 Å². The lowest BCUT2D eigenvalue weighted by Crippen LogP contribution is -2.18. The van der Waals surface area contributed by atoms with Crippen LogP contribution in [-0.2, 0) is 6.42 Å². The molecule has 1 aromatic rings. The normalized spacial score (nSPS) is 12.4. The third-order valence-electron chi connectivity index (χ3n) is 3.33. The van der Waals surface area contributed by atoms with E-state index in [1.165, 1.54) is 31.2 Å². The summed E-state index contributed by atoms with van der Waals surface area (Å²) in [6.45, 7) is 6.85. The molecule has 0 aromatic heterocycles. The summed E-state index contributed by atoms with van der Waals surface area (Å²) in [4.78, 5) is 0. The van der Waals surface area contributed by atoms with E-state index in [9.17, 15) is 0 Å². The molecule has 0 saturated heterocycles. The standard InChI is InChI=1S/C16H27NO/c1-4-12-17-13-11-14(2)5-6-15-7-9-16(18-3)10-8-15/h7-10,14,17H,4-6,11-13H2,1-3H3. The molecule has 1 aromatic carbocycles. The zero-order valence-corrected chi connectivity index (χ0v) is 12.0. The number of ether oxygens (including phenoxy) is 1. The lowest BCUT2D eigenvalue weighted by molar-refractivity contribution is 0.414. The highest BCUT2D eigenvalue weighted by Gasteiger charge is 2.02. The Morgan fingerprint density at radius 3 is 2.44 bits per heavy atom. The van der Waals surface area contributed by atoms with Crippen molar-refractivity contribution in [3.63, 3.8) is 0 Å². The molecule has 2 heteroatoms. The highest BCUT2D eigenvalue weighted by Crippen LogP contribution is 2.15. The SMILES string of the molecule is CCCNCCC(C)CCc1ccc(OC)cc1. The predicted molar refractivity (Wildman–Crippen MR) is 78.3 cm³/mol. The Morgan fingerprint density at radius 2 is 1.83 bits per heavy atom. The molecule has 2 nitrogen and oxygen atoms in total. The number of benzene rings is 1. The minimum absolute atomic E-state index is 0.788. The van der Waals surface area contributed by atoms with Gasteiger partial charge in [-0.25, -0.2) is 0 Å². The molecule has 0 saturated carbocycles. The molecule has 1 N–H and O–H groups in total. The average Bonchev–Trinajstić information content (AvgIpc) is 2.42. The number of hydrogen-bond acceptors (Lipinski definition) is 2. The van der Waals surface area contributed by atoms with Gasteiger partial charge < -0.3 is 10.1 Å². The van der Waals surface area contributed by atoms with Crippen molar-refractivity contribution >= 4 is 0 Å². The zero-order chi connectivity index (χ0) is 13.2. The summed E-state index contributed by atoms with van der Waals surface area (Å²) in [5.74, 6) is 1.73. The van der Waals surface area contributed by atoms with E-state index >= 15 is 0 Å². The van der Waals surface area contributed by atoms with E-state index in [1.54, 1.807) is 7.11 Å². The van der Waals surface area contributed by atoms with Crippen LogP contribution in [0.25, 0.3) is 0 Å². The molecular weight excluding hydrogens is 222 g/mol. The molecule has 1 unspecified atom stereocenters. The fourth-order valence-corrected chi connectivity index (χ4v) is 2.00. The molecule has 102 valence electrons. The first-order valence-corrected chi connectivity index (χ1v) is 7.10. The summed E-state index contributed by atoms with van der Waals surface area (Å²) in [6.07, 6.45) is 4.93. The molecule has 0 bridgehead atoms. The second-order valence-corrected chi connectivity index (χ2v) is 5.03. The third-order valence-corrected chi connectivity index (χ3v) is 3.33. The van der Waals surface area contributed by atoms with Crippen LogP contribution in [-0.4, -0.2) is 20.2 Å². The van der Waals surface area contributed by atoms with E-state index in [-0.39, 0.29) is 0 Å².